The number of carboxylic acids is 1. The van der Waals surface area contributed by atoms with E-state index in [1.54, 1.807) is 17.0 Å². The highest BCUT2D eigenvalue weighted by atomic mass is 19.1. The Morgan fingerprint density at radius 1 is 1.39 bits per heavy atom. The second-order valence-corrected chi connectivity index (χ2v) is 5.98. The zero-order valence-corrected chi connectivity index (χ0v) is 13.4. The number of hydrogen-bond donors (Lipinski definition) is 1. The third-order valence-corrected chi connectivity index (χ3v) is 4.40. The highest BCUT2D eigenvalue weighted by Crippen LogP contribution is 2.24. The number of rotatable bonds is 5. The Morgan fingerprint density at radius 3 is 2.74 bits per heavy atom. The summed E-state index contributed by atoms with van der Waals surface area (Å²) in [5, 5.41) is 9.12. The number of carbonyl (C=O) groups is 2. The molecule has 2 atom stereocenters. The minimum absolute atomic E-state index is 0.0469. The van der Waals surface area contributed by atoms with Crippen molar-refractivity contribution < 1.29 is 23.8 Å². The summed E-state index contributed by atoms with van der Waals surface area (Å²) in [7, 11) is 1.40. The van der Waals surface area contributed by atoms with Crippen LogP contribution >= 0.6 is 0 Å². The van der Waals surface area contributed by atoms with E-state index < -0.39 is 17.7 Å². The molecule has 23 heavy (non-hydrogen) atoms. The lowest BCUT2D eigenvalue weighted by Gasteiger charge is -2.36. The Kier molecular flexibility index (Phi) is 5.58. The molecule has 1 aromatic rings. The molecule has 0 aliphatic carbocycles. The van der Waals surface area contributed by atoms with E-state index in [9.17, 15) is 14.0 Å². The van der Waals surface area contributed by atoms with Crippen LogP contribution in [0.4, 0.5) is 4.39 Å². The molecule has 2 rings (SSSR count). The molecular weight excluding hydrogens is 301 g/mol. The topological polar surface area (TPSA) is 66.8 Å². The van der Waals surface area contributed by atoms with Gasteiger partial charge in [0.05, 0.1) is 13.0 Å². The number of nitrogens with zero attached hydrogens (tertiary/aromatic N) is 1. The van der Waals surface area contributed by atoms with E-state index in [4.69, 9.17) is 9.84 Å². The maximum atomic E-state index is 13.6. The van der Waals surface area contributed by atoms with Gasteiger partial charge in [0.2, 0.25) is 5.91 Å². The summed E-state index contributed by atoms with van der Waals surface area (Å²) in [4.78, 5) is 25.1. The number of aryl methyl sites for hydroxylation is 1. The maximum Gasteiger partial charge on any atom is 0.308 e. The van der Waals surface area contributed by atoms with Crippen LogP contribution in [-0.2, 0) is 16.0 Å². The Bertz CT molecular complexity index is 590. The first-order chi connectivity index (χ1) is 10.9. The fourth-order valence-corrected chi connectivity index (χ4v) is 2.92. The van der Waals surface area contributed by atoms with Gasteiger partial charge < -0.3 is 14.7 Å². The van der Waals surface area contributed by atoms with E-state index in [0.29, 0.717) is 19.3 Å². The van der Waals surface area contributed by atoms with E-state index in [-0.39, 0.29) is 30.7 Å². The van der Waals surface area contributed by atoms with E-state index in [2.05, 4.69) is 0 Å². The van der Waals surface area contributed by atoms with Crippen LogP contribution in [0, 0.1) is 11.7 Å². The van der Waals surface area contributed by atoms with Crippen LogP contribution in [0.3, 0.4) is 0 Å². The fraction of sp³-hybridized carbons (Fsp3) is 0.529. The Morgan fingerprint density at radius 2 is 2.13 bits per heavy atom. The number of hydrogen-bond acceptors (Lipinski definition) is 3. The molecule has 126 valence electrons. The molecule has 1 N–H and O–H groups in total. The third kappa shape index (κ3) is 4.21. The van der Waals surface area contributed by atoms with Gasteiger partial charge in [-0.2, -0.15) is 0 Å². The first-order valence-corrected chi connectivity index (χ1v) is 7.77. The van der Waals surface area contributed by atoms with Crippen molar-refractivity contribution in [3.8, 4) is 5.75 Å². The van der Waals surface area contributed by atoms with Crippen molar-refractivity contribution in [2.24, 2.45) is 5.92 Å². The van der Waals surface area contributed by atoms with Gasteiger partial charge in [-0.1, -0.05) is 6.07 Å². The Labute approximate surface area is 135 Å². The molecule has 0 saturated carbocycles. The highest BCUT2D eigenvalue weighted by molar-refractivity contribution is 5.78. The van der Waals surface area contributed by atoms with Crippen LogP contribution in [0.1, 0.15) is 31.7 Å². The van der Waals surface area contributed by atoms with E-state index in [1.807, 2.05) is 6.92 Å². The molecule has 0 bridgehead atoms. The molecule has 1 aromatic carbocycles. The minimum Gasteiger partial charge on any atom is -0.494 e. The maximum absolute atomic E-state index is 13.6. The number of carboxylic acid groups (broad SMARTS) is 1. The van der Waals surface area contributed by atoms with Crippen molar-refractivity contribution in [2.75, 3.05) is 13.7 Å². The van der Waals surface area contributed by atoms with E-state index in [0.717, 1.165) is 5.56 Å². The minimum atomic E-state index is -0.855. The van der Waals surface area contributed by atoms with Gasteiger partial charge in [-0.25, -0.2) is 4.39 Å². The van der Waals surface area contributed by atoms with Crippen molar-refractivity contribution in [3.05, 3.63) is 29.6 Å². The number of carbonyl (C=O) groups excluding carboxylic acids is 1. The number of aliphatic carboxylic acids is 1. The van der Waals surface area contributed by atoms with Gasteiger partial charge in [0, 0.05) is 19.0 Å². The fourth-order valence-electron chi connectivity index (χ4n) is 2.92. The number of likely N-dealkylation sites (tertiary alicyclic amines) is 1. The lowest BCUT2D eigenvalue weighted by atomic mass is 9.93. The molecule has 0 radical (unpaired) electrons. The molecule has 1 aliphatic rings. The second-order valence-electron chi connectivity index (χ2n) is 5.98. The van der Waals surface area contributed by atoms with Crippen molar-refractivity contribution >= 4 is 11.9 Å². The molecule has 6 heteroatoms. The van der Waals surface area contributed by atoms with Crippen LogP contribution in [0.2, 0.25) is 0 Å². The predicted molar refractivity (Wildman–Crippen MR) is 82.8 cm³/mol. The summed E-state index contributed by atoms with van der Waals surface area (Å²) in [5.41, 5.74) is 0.719. The Balaban J connectivity index is 1.95. The van der Waals surface area contributed by atoms with Gasteiger partial charge in [-0.15, -0.1) is 0 Å². The number of amides is 1. The number of piperidine rings is 1. The molecule has 1 heterocycles. The first-order valence-electron chi connectivity index (χ1n) is 7.77. The first kappa shape index (κ1) is 17.2. The lowest BCUT2D eigenvalue weighted by molar-refractivity contribution is -0.147. The van der Waals surface area contributed by atoms with Crippen molar-refractivity contribution in [2.45, 2.75) is 38.6 Å². The van der Waals surface area contributed by atoms with Crippen LogP contribution in [-0.4, -0.2) is 41.6 Å². The smallest absolute Gasteiger partial charge is 0.308 e. The van der Waals surface area contributed by atoms with E-state index >= 15 is 0 Å². The van der Waals surface area contributed by atoms with Crippen molar-refractivity contribution in [3.63, 3.8) is 0 Å². The molecule has 1 aliphatic heterocycles. The number of benzene rings is 1. The van der Waals surface area contributed by atoms with Crippen molar-refractivity contribution in [1.82, 2.24) is 4.90 Å². The molecule has 1 fully saturated rings. The summed E-state index contributed by atoms with van der Waals surface area (Å²) < 4.78 is 18.5. The summed E-state index contributed by atoms with van der Waals surface area (Å²) >= 11 is 0. The monoisotopic (exact) mass is 323 g/mol. The summed E-state index contributed by atoms with van der Waals surface area (Å²) in [5.74, 6) is -1.70. The molecule has 5 nitrogen and oxygen atoms in total. The number of ether oxygens (including phenoxy) is 1. The Hall–Kier alpha value is -2.11. The molecular formula is C17H22FNO4. The number of halogens is 1. The largest absolute Gasteiger partial charge is 0.494 e. The van der Waals surface area contributed by atoms with Crippen LogP contribution in [0.5, 0.6) is 5.75 Å². The number of methoxy groups -OCH3 is 1. The third-order valence-electron chi connectivity index (χ3n) is 4.40. The molecule has 2 unspecified atom stereocenters. The molecule has 1 saturated heterocycles. The SMILES string of the molecule is COc1ccc(CCC(=O)N2CC(C(=O)O)CCC2C)cc1F. The summed E-state index contributed by atoms with van der Waals surface area (Å²) in [6.07, 6.45) is 1.95. The van der Waals surface area contributed by atoms with Crippen LogP contribution in [0.25, 0.3) is 0 Å². The zero-order valence-electron chi connectivity index (χ0n) is 13.4. The van der Waals surface area contributed by atoms with Crippen LogP contribution < -0.4 is 4.74 Å². The van der Waals surface area contributed by atoms with Crippen molar-refractivity contribution in [1.29, 1.82) is 0 Å². The summed E-state index contributed by atoms with van der Waals surface area (Å²) in [6.45, 7) is 2.19. The quantitative estimate of drug-likeness (QED) is 0.904. The van der Waals surface area contributed by atoms with Gasteiger partial charge in [0.25, 0.3) is 0 Å². The molecule has 1 amide bonds. The van der Waals surface area contributed by atoms with Gasteiger partial charge in [0.1, 0.15) is 0 Å². The average Bonchev–Trinajstić information content (AvgIpc) is 2.53. The van der Waals surface area contributed by atoms with Gasteiger partial charge >= 0.3 is 5.97 Å². The molecule has 0 aromatic heterocycles. The second kappa shape index (κ2) is 7.44. The van der Waals surface area contributed by atoms with Gasteiger partial charge in [0.15, 0.2) is 11.6 Å². The average molecular weight is 323 g/mol. The summed E-state index contributed by atoms with van der Waals surface area (Å²) in [6, 6.07) is 4.69. The molecule has 0 spiro atoms. The standard InChI is InChI=1S/C17H22FNO4/c1-11-3-6-13(17(21)22)10-19(11)16(20)8-5-12-4-7-15(23-2)14(18)9-12/h4,7,9,11,13H,3,5-6,8,10H2,1-2H3,(H,21,22). The van der Waals surface area contributed by atoms with Gasteiger partial charge in [-0.05, 0) is 43.9 Å². The van der Waals surface area contributed by atoms with E-state index in [1.165, 1.54) is 13.2 Å². The van der Waals surface area contributed by atoms with Crippen LogP contribution in [0.15, 0.2) is 18.2 Å². The zero-order chi connectivity index (χ0) is 17.0. The van der Waals surface area contributed by atoms with Gasteiger partial charge in [-0.3, -0.25) is 9.59 Å². The normalized spacial score (nSPS) is 21.1. The highest BCUT2D eigenvalue weighted by Gasteiger charge is 2.32. The predicted octanol–water partition coefficient (Wildman–Crippen LogP) is 2.48. The lowest BCUT2D eigenvalue weighted by Crippen LogP contribution is -2.47.